The molecular weight excluding hydrogens is 260 g/mol. The number of hydrogen-bond acceptors (Lipinski definition) is 2. The van der Waals surface area contributed by atoms with Gasteiger partial charge in [-0.2, -0.15) is 0 Å². The second-order valence-corrected chi connectivity index (χ2v) is 8.06. The van der Waals surface area contributed by atoms with Crippen molar-refractivity contribution >= 4 is 12.6 Å². The minimum Gasteiger partial charge on any atom is -0.298 e. The predicted molar refractivity (Wildman–Crippen MR) is 83.8 cm³/mol. The van der Waals surface area contributed by atoms with Gasteiger partial charge >= 0.3 is 0 Å². The molecule has 0 aromatic rings. The van der Waals surface area contributed by atoms with Gasteiger partial charge in [-0.15, -0.1) is 0 Å². The summed E-state index contributed by atoms with van der Waals surface area (Å²) in [6.45, 7) is 7.27. The van der Waals surface area contributed by atoms with Crippen LogP contribution in [0.15, 0.2) is 22.8 Å². The molecule has 0 N–H and O–H groups in total. The lowest BCUT2D eigenvalue weighted by atomic mass is 9.46. The van der Waals surface area contributed by atoms with Crippen LogP contribution in [0.2, 0.25) is 0 Å². The Balaban J connectivity index is 2.05. The molecular formula is C19H26O2. The quantitative estimate of drug-likeness (QED) is 0.711. The Bertz CT molecular complexity index is 538. The van der Waals surface area contributed by atoms with Gasteiger partial charge in [0.15, 0.2) is 6.29 Å². The van der Waals surface area contributed by atoms with E-state index in [-0.39, 0.29) is 5.41 Å². The van der Waals surface area contributed by atoms with Crippen LogP contribution in [0.1, 0.15) is 59.3 Å². The zero-order chi connectivity index (χ0) is 15.3. The van der Waals surface area contributed by atoms with Gasteiger partial charge in [0.05, 0.1) is 0 Å². The van der Waals surface area contributed by atoms with Crippen LogP contribution in [-0.2, 0) is 9.59 Å². The van der Waals surface area contributed by atoms with Gasteiger partial charge in [-0.05, 0) is 54.8 Å². The highest BCUT2D eigenvalue weighted by molar-refractivity contribution is 5.96. The smallest absolute Gasteiger partial charge is 0.150 e. The van der Waals surface area contributed by atoms with E-state index in [4.69, 9.17) is 0 Å². The maximum absolute atomic E-state index is 11.5. The highest BCUT2D eigenvalue weighted by Gasteiger charge is 2.53. The Morgan fingerprint density at radius 2 is 1.90 bits per heavy atom. The zero-order valence-electron chi connectivity index (χ0n) is 13.4. The van der Waals surface area contributed by atoms with Crippen LogP contribution in [0.3, 0.4) is 0 Å². The molecule has 0 bridgehead atoms. The minimum absolute atomic E-state index is 0.286. The fraction of sp³-hybridized carbons (Fsp3) is 0.684. The van der Waals surface area contributed by atoms with Crippen molar-refractivity contribution < 1.29 is 9.59 Å². The molecule has 0 radical (unpaired) electrons. The van der Waals surface area contributed by atoms with Crippen LogP contribution in [0.5, 0.6) is 0 Å². The standard InChI is InChI=1S/C19H26O2/c1-18(2)9-4-10-19(3)16-7-5-13(11-20)15(12-21)14(16)6-8-17(18)19/h5,11-12,16-17H,4,6-10H2,1-3H3. The number of aldehydes is 2. The molecule has 2 saturated carbocycles. The molecule has 3 aliphatic rings. The normalized spacial score (nSPS) is 38.1. The highest BCUT2D eigenvalue weighted by atomic mass is 16.1. The summed E-state index contributed by atoms with van der Waals surface area (Å²) in [5.74, 6) is 1.19. The van der Waals surface area contributed by atoms with Crippen molar-refractivity contribution in [1.82, 2.24) is 0 Å². The second-order valence-electron chi connectivity index (χ2n) is 8.06. The molecule has 0 aromatic carbocycles. The first kappa shape index (κ1) is 14.7. The molecule has 2 fully saturated rings. The number of fused-ring (bicyclic) bond motifs is 3. The van der Waals surface area contributed by atoms with Crippen LogP contribution in [-0.4, -0.2) is 12.6 Å². The van der Waals surface area contributed by atoms with Crippen LogP contribution in [0.25, 0.3) is 0 Å². The average molecular weight is 286 g/mol. The number of carbonyl (C=O) groups is 2. The number of hydrogen-bond donors (Lipinski definition) is 0. The second kappa shape index (κ2) is 4.93. The molecule has 2 nitrogen and oxygen atoms in total. The Hall–Kier alpha value is -1.18. The zero-order valence-corrected chi connectivity index (χ0v) is 13.4. The van der Waals surface area contributed by atoms with Crippen molar-refractivity contribution in [2.75, 3.05) is 0 Å². The molecule has 0 aliphatic heterocycles. The van der Waals surface area contributed by atoms with Crippen LogP contribution >= 0.6 is 0 Å². The van der Waals surface area contributed by atoms with Gasteiger partial charge in [-0.1, -0.05) is 38.8 Å². The molecule has 114 valence electrons. The molecule has 3 atom stereocenters. The summed E-state index contributed by atoms with van der Waals surface area (Å²) < 4.78 is 0. The molecule has 0 heterocycles. The molecule has 3 rings (SSSR count). The van der Waals surface area contributed by atoms with Crippen LogP contribution in [0.4, 0.5) is 0 Å². The van der Waals surface area contributed by atoms with Crippen LogP contribution in [0, 0.1) is 22.7 Å². The number of rotatable bonds is 2. The third-order valence-electron chi connectivity index (χ3n) is 6.67. The third kappa shape index (κ3) is 2.06. The van der Waals surface area contributed by atoms with Gasteiger partial charge in [0.25, 0.3) is 0 Å². The van der Waals surface area contributed by atoms with Crippen molar-refractivity contribution in [2.45, 2.75) is 59.3 Å². The Morgan fingerprint density at radius 1 is 1.14 bits per heavy atom. The molecule has 0 aromatic heterocycles. The van der Waals surface area contributed by atoms with E-state index in [1.54, 1.807) is 0 Å². The van der Waals surface area contributed by atoms with Crippen molar-refractivity contribution in [3.63, 3.8) is 0 Å². The van der Waals surface area contributed by atoms with Crippen molar-refractivity contribution in [3.05, 3.63) is 22.8 Å². The lowest BCUT2D eigenvalue weighted by molar-refractivity contribution is -0.107. The summed E-state index contributed by atoms with van der Waals surface area (Å²) in [6.07, 6.45) is 10.7. The molecule has 21 heavy (non-hydrogen) atoms. The maximum atomic E-state index is 11.5. The number of carbonyl (C=O) groups excluding carboxylic acids is 2. The topological polar surface area (TPSA) is 34.1 Å². The lowest BCUT2D eigenvalue weighted by Crippen LogP contribution is -2.50. The van der Waals surface area contributed by atoms with E-state index in [0.717, 1.165) is 31.3 Å². The van der Waals surface area contributed by atoms with E-state index in [1.165, 1.54) is 31.3 Å². The van der Waals surface area contributed by atoms with Gasteiger partial charge < -0.3 is 0 Å². The SMILES string of the molecule is CC1(C)CCCC2(C)C3CC=C(C=O)C(C=O)=C3CCC12. The molecule has 2 heteroatoms. The predicted octanol–water partition coefficient (Wildman–Crippen LogP) is 4.25. The fourth-order valence-electron chi connectivity index (χ4n) is 5.70. The monoisotopic (exact) mass is 286 g/mol. The molecule has 3 aliphatic carbocycles. The highest BCUT2D eigenvalue weighted by Crippen LogP contribution is 2.62. The van der Waals surface area contributed by atoms with E-state index in [1.807, 2.05) is 6.08 Å². The largest absolute Gasteiger partial charge is 0.298 e. The fourth-order valence-corrected chi connectivity index (χ4v) is 5.70. The van der Waals surface area contributed by atoms with Gasteiger partial charge in [0.2, 0.25) is 0 Å². The Labute approximate surface area is 127 Å². The summed E-state index contributed by atoms with van der Waals surface area (Å²) in [5.41, 5.74) is 3.27. The van der Waals surface area contributed by atoms with E-state index in [0.29, 0.717) is 22.5 Å². The maximum Gasteiger partial charge on any atom is 0.150 e. The van der Waals surface area contributed by atoms with Crippen molar-refractivity contribution in [1.29, 1.82) is 0 Å². The minimum atomic E-state index is 0.286. The summed E-state index contributed by atoms with van der Waals surface area (Å²) >= 11 is 0. The van der Waals surface area contributed by atoms with Crippen molar-refractivity contribution in [3.8, 4) is 0 Å². The third-order valence-corrected chi connectivity index (χ3v) is 6.67. The van der Waals surface area contributed by atoms with Gasteiger partial charge in [-0.25, -0.2) is 0 Å². The van der Waals surface area contributed by atoms with E-state index in [9.17, 15) is 9.59 Å². The Kier molecular flexibility index (Phi) is 3.46. The summed E-state index contributed by atoms with van der Waals surface area (Å²) in [6, 6.07) is 0. The lowest BCUT2D eigenvalue weighted by Gasteiger charge is -2.58. The first-order valence-corrected chi connectivity index (χ1v) is 8.28. The van der Waals surface area contributed by atoms with Crippen LogP contribution < -0.4 is 0 Å². The van der Waals surface area contributed by atoms with E-state index in [2.05, 4.69) is 20.8 Å². The van der Waals surface area contributed by atoms with E-state index < -0.39 is 0 Å². The summed E-state index contributed by atoms with van der Waals surface area (Å²) in [4.78, 5) is 22.7. The number of allylic oxidation sites excluding steroid dienone is 4. The first-order chi connectivity index (χ1) is 9.94. The molecule has 3 unspecified atom stereocenters. The molecule has 0 saturated heterocycles. The Morgan fingerprint density at radius 3 is 2.57 bits per heavy atom. The molecule has 0 spiro atoms. The van der Waals surface area contributed by atoms with Gasteiger partial charge in [0, 0.05) is 11.1 Å². The summed E-state index contributed by atoms with van der Waals surface area (Å²) in [7, 11) is 0. The van der Waals surface area contributed by atoms with Gasteiger partial charge in [0.1, 0.15) is 6.29 Å². The summed E-state index contributed by atoms with van der Waals surface area (Å²) in [5, 5.41) is 0. The van der Waals surface area contributed by atoms with Crippen molar-refractivity contribution in [2.24, 2.45) is 22.7 Å². The van der Waals surface area contributed by atoms with E-state index >= 15 is 0 Å². The van der Waals surface area contributed by atoms with Gasteiger partial charge in [-0.3, -0.25) is 9.59 Å². The average Bonchev–Trinajstić information content (AvgIpc) is 2.45. The molecule has 0 amide bonds. The first-order valence-electron chi connectivity index (χ1n) is 8.28.